The zero-order valence-corrected chi connectivity index (χ0v) is 11.1. The van der Waals surface area contributed by atoms with Gasteiger partial charge in [-0.3, -0.25) is 0 Å². The third-order valence-corrected chi connectivity index (χ3v) is 2.98. The molecule has 1 heterocycles. The monoisotopic (exact) mass is 326 g/mol. The fourth-order valence-corrected chi connectivity index (χ4v) is 2.19. The summed E-state index contributed by atoms with van der Waals surface area (Å²) in [5, 5.41) is 11.9. The van der Waals surface area contributed by atoms with Gasteiger partial charge in [-0.25, -0.2) is 14.4 Å². The number of nitrogens with one attached hydrogen (secondary N) is 1. The van der Waals surface area contributed by atoms with E-state index in [2.05, 4.69) is 31.2 Å². The Kier molecular flexibility index (Phi) is 3.75. The average Bonchev–Trinajstić information content (AvgIpc) is 2.34. The van der Waals surface area contributed by atoms with Crippen LogP contribution in [0.1, 0.15) is 5.69 Å². The summed E-state index contributed by atoms with van der Waals surface area (Å²) >= 11 is 9.10. The molecule has 0 amide bonds. The van der Waals surface area contributed by atoms with Crippen LogP contribution in [0.5, 0.6) is 0 Å². The van der Waals surface area contributed by atoms with Gasteiger partial charge >= 0.3 is 0 Å². The van der Waals surface area contributed by atoms with Gasteiger partial charge in [-0.15, -0.1) is 0 Å². The summed E-state index contributed by atoms with van der Waals surface area (Å²) in [6, 6.07) is 4.32. The summed E-state index contributed by atoms with van der Waals surface area (Å²) in [6.07, 6.45) is 2.85. The van der Waals surface area contributed by atoms with Crippen molar-refractivity contribution < 1.29 is 4.39 Å². The number of hydrogen-bond acceptors (Lipinski definition) is 4. The summed E-state index contributed by atoms with van der Waals surface area (Å²) in [5.41, 5.74) is 0.555. The van der Waals surface area contributed by atoms with Gasteiger partial charge in [0.05, 0.1) is 10.7 Å². The predicted molar refractivity (Wildman–Crippen MR) is 69.1 cm³/mol. The van der Waals surface area contributed by atoms with Crippen LogP contribution < -0.4 is 5.32 Å². The van der Waals surface area contributed by atoms with Crippen molar-refractivity contribution in [3.63, 3.8) is 0 Å². The van der Waals surface area contributed by atoms with Crippen molar-refractivity contribution in [3.05, 3.63) is 45.5 Å². The van der Waals surface area contributed by atoms with Crippen LogP contribution in [0.3, 0.4) is 0 Å². The summed E-state index contributed by atoms with van der Waals surface area (Å²) in [6.45, 7) is 0. The molecule has 0 aliphatic rings. The van der Waals surface area contributed by atoms with E-state index in [-0.39, 0.29) is 16.5 Å². The first kappa shape index (κ1) is 12.7. The van der Waals surface area contributed by atoms with E-state index in [9.17, 15) is 4.39 Å². The maximum Gasteiger partial charge on any atom is 0.183 e. The first-order valence-electron chi connectivity index (χ1n) is 4.74. The molecule has 0 aliphatic carbocycles. The molecule has 1 aromatic carbocycles. The molecule has 0 bridgehead atoms. The summed E-state index contributed by atoms with van der Waals surface area (Å²) < 4.78 is 13.5. The zero-order chi connectivity index (χ0) is 13.1. The molecule has 1 aromatic heterocycles. The lowest BCUT2D eigenvalue weighted by atomic mass is 10.3. The second-order valence-electron chi connectivity index (χ2n) is 3.23. The minimum atomic E-state index is -0.461. The third-order valence-electron chi connectivity index (χ3n) is 2.05. The Morgan fingerprint density at radius 1 is 1.33 bits per heavy atom. The van der Waals surface area contributed by atoms with Gasteiger partial charge in [-0.05, 0) is 28.1 Å². The smallest absolute Gasteiger partial charge is 0.183 e. The van der Waals surface area contributed by atoms with Crippen LogP contribution >= 0.6 is 27.5 Å². The minimum absolute atomic E-state index is 0.129. The molecule has 1 N–H and O–H groups in total. The molecule has 0 saturated heterocycles. The predicted octanol–water partition coefficient (Wildman–Crippen LogP) is 3.65. The number of nitrogens with zero attached hydrogens (tertiary/aromatic N) is 3. The van der Waals surface area contributed by atoms with Gasteiger partial charge in [0.15, 0.2) is 11.5 Å². The van der Waals surface area contributed by atoms with Crippen LogP contribution in [-0.4, -0.2) is 9.97 Å². The van der Waals surface area contributed by atoms with Gasteiger partial charge in [0.25, 0.3) is 0 Å². The number of hydrogen-bond donors (Lipinski definition) is 1. The van der Waals surface area contributed by atoms with Gasteiger partial charge in [0.2, 0.25) is 0 Å². The summed E-state index contributed by atoms with van der Waals surface area (Å²) in [5.74, 6) is -0.203. The fraction of sp³-hybridized carbons (Fsp3) is 0. The second-order valence-corrected chi connectivity index (χ2v) is 4.50. The van der Waals surface area contributed by atoms with E-state index in [0.717, 1.165) is 6.07 Å². The number of halogens is 3. The molecule has 0 unspecified atom stereocenters. The maximum atomic E-state index is 13.1. The van der Waals surface area contributed by atoms with E-state index < -0.39 is 5.82 Å². The normalized spacial score (nSPS) is 9.89. The highest BCUT2D eigenvalue weighted by atomic mass is 79.9. The molecule has 0 atom stereocenters. The first-order chi connectivity index (χ1) is 8.61. The Morgan fingerprint density at radius 3 is 2.72 bits per heavy atom. The summed E-state index contributed by atoms with van der Waals surface area (Å²) in [7, 11) is 0. The SMILES string of the molecule is N#Cc1nccnc1Nc1c(Cl)cc(F)cc1Br. The highest BCUT2D eigenvalue weighted by molar-refractivity contribution is 9.10. The molecule has 0 fully saturated rings. The second kappa shape index (κ2) is 5.29. The Bertz CT molecular complexity index is 618. The van der Waals surface area contributed by atoms with Crippen molar-refractivity contribution in [1.82, 2.24) is 9.97 Å². The molecule has 4 nitrogen and oxygen atoms in total. The summed E-state index contributed by atoms with van der Waals surface area (Å²) in [4.78, 5) is 7.83. The Labute approximate surface area is 116 Å². The van der Waals surface area contributed by atoms with Crippen LogP contribution in [-0.2, 0) is 0 Å². The molecule has 0 saturated carbocycles. The first-order valence-corrected chi connectivity index (χ1v) is 5.91. The van der Waals surface area contributed by atoms with E-state index in [1.165, 1.54) is 18.5 Å². The highest BCUT2D eigenvalue weighted by Gasteiger charge is 2.11. The number of benzene rings is 1. The number of rotatable bonds is 2. The molecule has 0 spiro atoms. The van der Waals surface area contributed by atoms with Crippen molar-refractivity contribution in [2.24, 2.45) is 0 Å². The Balaban J connectivity index is 2.44. The van der Waals surface area contributed by atoms with E-state index in [4.69, 9.17) is 16.9 Å². The quantitative estimate of drug-likeness (QED) is 0.914. The molecule has 0 radical (unpaired) electrons. The van der Waals surface area contributed by atoms with Crippen molar-refractivity contribution in [1.29, 1.82) is 5.26 Å². The molecule has 90 valence electrons. The van der Waals surface area contributed by atoms with E-state index in [1.807, 2.05) is 6.07 Å². The standard InChI is InChI=1S/C11H5BrClFN4/c12-7-3-6(14)4-8(13)10(7)18-11-9(5-15)16-1-2-17-11/h1-4H,(H,17,18). The molecule has 2 rings (SSSR count). The van der Waals surface area contributed by atoms with E-state index in [1.54, 1.807) is 0 Å². The molecule has 7 heteroatoms. The van der Waals surface area contributed by atoms with E-state index in [0.29, 0.717) is 10.2 Å². The minimum Gasteiger partial charge on any atom is -0.336 e. The number of aromatic nitrogens is 2. The molecule has 2 aromatic rings. The Morgan fingerprint density at radius 2 is 2.06 bits per heavy atom. The highest BCUT2D eigenvalue weighted by Crippen LogP contribution is 2.33. The van der Waals surface area contributed by atoms with Crippen LogP contribution in [0.4, 0.5) is 15.9 Å². The van der Waals surface area contributed by atoms with Crippen LogP contribution in [0.15, 0.2) is 29.0 Å². The molecule has 0 aliphatic heterocycles. The topological polar surface area (TPSA) is 61.6 Å². The lowest BCUT2D eigenvalue weighted by Crippen LogP contribution is -2.00. The van der Waals surface area contributed by atoms with Crippen molar-refractivity contribution >= 4 is 39.0 Å². The van der Waals surface area contributed by atoms with Gasteiger partial charge in [-0.2, -0.15) is 5.26 Å². The zero-order valence-electron chi connectivity index (χ0n) is 8.78. The lowest BCUT2D eigenvalue weighted by Gasteiger charge is -2.10. The van der Waals surface area contributed by atoms with Crippen molar-refractivity contribution in [2.75, 3.05) is 5.32 Å². The van der Waals surface area contributed by atoms with Gasteiger partial charge in [-0.1, -0.05) is 11.6 Å². The third kappa shape index (κ3) is 2.58. The largest absolute Gasteiger partial charge is 0.336 e. The molecule has 18 heavy (non-hydrogen) atoms. The van der Waals surface area contributed by atoms with Crippen LogP contribution in [0.2, 0.25) is 5.02 Å². The van der Waals surface area contributed by atoms with Crippen LogP contribution in [0.25, 0.3) is 0 Å². The number of nitriles is 1. The van der Waals surface area contributed by atoms with Gasteiger partial charge < -0.3 is 5.32 Å². The number of anilines is 2. The van der Waals surface area contributed by atoms with Crippen LogP contribution in [0, 0.1) is 17.1 Å². The van der Waals surface area contributed by atoms with Gasteiger partial charge in [0, 0.05) is 16.9 Å². The molecular weight excluding hydrogens is 323 g/mol. The van der Waals surface area contributed by atoms with Gasteiger partial charge in [0.1, 0.15) is 11.9 Å². The van der Waals surface area contributed by atoms with Crippen molar-refractivity contribution in [2.45, 2.75) is 0 Å². The molecular formula is C11H5BrClFN4. The average molecular weight is 328 g/mol. The fourth-order valence-electron chi connectivity index (χ4n) is 1.29. The van der Waals surface area contributed by atoms with E-state index >= 15 is 0 Å². The van der Waals surface area contributed by atoms with Crippen molar-refractivity contribution in [3.8, 4) is 6.07 Å². The Hall–Kier alpha value is -1.71. The maximum absolute atomic E-state index is 13.1. The lowest BCUT2D eigenvalue weighted by molar-refractivity contribution is 0.627.